The molecule has 0 radical (unpaired) electrons. The van der Waals surface area contributed by atoms with Gasteiger partial charge in [0.05, 0.1) is 11.3 Å². The summed E-state index contributed by atoms with van der Waals surface area (Å²) in [5.74, 6) is -0.553. The van der Waals surface area contributed by atoms with E-state index in [1.165, 1.54) is 12.1 Å². The van der Waals surface area contributed by atoms with E-state index in [-0.39, 0.29) is 11.6 Å². The first-order chi connectivity index (χ1) is 17.9. The number of amides is 1. The molecule has 1 aromatic carbocycles. The zero-order chi connectivity index (χ0) is 26.8. The van der Waals surface area contributed by atoms with E-state index in [0.717, 1.165) is 52.1 Å². The minimum absolute atomic E-state index is 0.00892. The van der Waals surface area contributed by atoms with Gasteiger partial charge >= 0.3 is 0 Å². The van der Waals surface area contributed by atoms with Crippen molar-refractivity contribution in [3.05, 3.63) is 75.4 Å². The maximum absolute atomic E-state index is 14.5. The molecule has 1 aliphatic carbocycles. The lowest BCUT2D eigenvalue weighted by molar-refractivity contribution is -0.109. The molecule has 37 heavy (non-hydrogen) atoms. The highest BCUT2D eigenvalue weighted by Gasteiger charge is 2.19. The second kappa shape index (κ2) is 13.7. The molecule has 1 aliphatic rings. The average molecular weight is 520 g/mol. The second-order valence-electron chi connectivity index (χ2n) is 9.07. The van der Waals surface area contributed by atoms with Gasteiger partial charge in [-0.05, 0) is 73.6 Å². The van der Waals surface area contributed by atoms with Gasteiger partial charge in [-0.3, -0.25) is 4.79 Å². The van der Waals surface area contributed by atoms with E-state index in [1.54, 1.807) is 23.5 Å². The lowest BCUT2D eigenvalue weighted by Gasteiger charge is -2.16. The van der Waals surface area contributed by atoms with Crippen LogP contribution in [0.5, 0.6) is 0 Å². The van der Waals surface area contributed by atoms with Crippen molar-refractivity contribution in [2.45, 2.75) is 58.0 Å². The Morgan fingerprint density at radius 1 is 1.24 bits per heavy atom. The fraction of sp³-hybridized carbons (Fsp3) is 0.345. The molecule has 0 aliphatic heterocycles. The molecule has 1 aromatic heterocycles. The Labute approximate surface area is 222 Å². The average Bonchev–Trinajstić information content (AvgIpc) is 3.31. The van der Waals surface area contributed by atoms with Crippen LogP contribution in [0.15, 0.2) is 54.3 Å². The van der Waals surface area contributed by atoms with Crippen LogP contribution < -0.4 is 16.4 Å². The standard InChI is InChI=1S/C29H34FN5OS/c1-3-24(4-2)35-17-22-12-20(9-10-28(22)33)29-26(19-7-8-21(16-31)27(30)13-19)15-25(37-29)14-23(32)6-5-11-34-18-36/h7-10,12-13,15,17-18,23-24,33,35H,3-6,11,14,32H2,1-2H3,(H,34,36)/b22-17-,33-28?. The molecule has 1 atom stereocenters. The molecule has 2 aromatic rings. The van der Waals surface area contributed by atoms with Crippen molar-refractivity contribution in [2.75, 3.05) is 6.54 Å². The predicted octanol–water partition coefficient (Wildman–Crippen LogP) is 5.46. The number of nitrogens with one attached hydrogen (secondary N) is 3. The molecule has 0 fully saturated rings. The molecule has 1 unspecified atom stereocenters. The SMILES string of the molecule is CCC(CC)N/C=C1/C=C(c2sc(CC(N)CCCNC=O)cc2-c2ccc(C#N)c(F)c2)C=CC1=N. The van der Waals surface area contributed by atoms with Crippen LogP contribution in [0.1, 0.15) is 54.8 Å². The van der Waals surface area contributed by atoms with E-state index in [9.17, 15) is 9.18 Å². The van der Waals surface area contributed by atoms with E-state index in [1.807, 2.05) is 30.5 Å². The fourth-order valence-electron chi connectivity index (χ4n) is 4.19. The highest BCUT2D eigenvalue weighted by atomic mass is 32.1. The minimum atomic E-state index is -0.553. The van der Waals surface area contributed by atoms with Crippen molar-refractivity contribution in [1.82, 2.24) is 10.6 Å². The maximum Gasteiger partial charge on any atom is 0.207 e. The Hall–Kier alpha value is -3.54. The van der Waals surface area contributed by atoms with Crippen LogP contribution >= 0.6 is 11.3 Å². The van der Waals surface area contributed by atoms with Gasteiger partial charge in [-0.25, -0.2) is 4.39 Å². The quantitative estimate of drug-likeness (QED) is 0.208. The molecule has 0 bridgehead atoms. The van der Waals surface area contributed by atoms with Gasteiger partial charge in [0, 0.05) is 45.7 Å². The van der Waals surface area contributed by atoms with Crippen molar-refractivity contribution in [3.63, 3.8) is 0 Å². The smallest absolute Gasteiger partial charge is 0.207 e. The summed E-state index contributed by atoms with van der Waals surface area (Å²) in [6.45, 7) is 4.85. The molecular weight excluding hydrogens is 485 g/mol. The molecule has 6 nitrogen and oxygen atoms in total. The van der Waals surface area contributed by atoms with Crippen LogP contribution in [-0.2, 0) is 11.2 Å². The Kier molecular flexibility index (Phi) is 10.4. The molecule has 194 valence electrons. The van der Waals surface area contributed by atoms with Crippen LogP contribution in [-0.4, -0.2) is 30.8 Å². The molecule has 0 spiro atoms. The predicted molar refractivity (Wildman–Crippen MR) is 150 cm³/mol. The van der Waals surface area contributed by atoms with Gasteiger partial charge in [-0.2, -0.15) is 5.26 Å². The number of hydrogen-bond donors (Lipinski definition) is 4. The summed E-state index contributed by atoms with van der Waals surface area (Å²) in [5.41, 5.74) is 10.1. The number of nitrogens with zero attached hydrogens (tertiary/aromatic N) is 1. The Bertz CT molecular complexity index is 1250. The first-order valence-electron chi connectivity index (χ1n) is 12.6. The number of carbonyl (C=O) groups is 1. The van der Waals surface area contributed by atoms with Gasteiger partial charge in [0.15, 0.2) is 0 Å². The summed E-state index contributed by atoms with van der Waals surface area (Å²) >= 11 is 1.61. The van der Waals surface area contributed by atoms with Gasteiger partial charge in [0.1, 0.15) is 11.9 Å². The second-order valence-corrected chi connectivity index (χ2v) is 10.2. The Morgan fingerprint density at radius 2 is 2.03 bits per heavy atom. The normalized spacial score (nSPS) is 15.0. The highest BCUT2D eigenvalue weighted by molar-refractivity contribution is 7.13. The zero-order valence-electron chi connectivity index (χ0n) is 21.3. The number of carbonyl (C=O) groups excluding carboxylic acids is 1. The summed E-state index contributed by atoms with van der Waals surface area (Å²) in [5, 5.41) is 23.6. The number of allylic oxidation sites excluding steroid dienone is 5. The zero-order valence-corrected chi connectivity index (χ0v) is 22.1. The van der Waals surface area contributed by atoms with Gasteiger partial charge in [-0.1, -0.05) is 26.0 Å². The van der Waals surface area contributed by atoms with E-state index in [0.29, 0.717) is 36.7 Å². The molecule has 1 amide bonds. The summed E-state index contributed by atoms with van der Waals surface area (Å²) in [7, 11) is 0. The van der Waals surface area contributed by atoms with Crippen molar-refractivity contribution >= 4 is 29.0 Å². The van der Waals surface area contributed by atoms with Gasteiger partial charge < -0.3 is 21.8 Å². The van der Waals surface area contributed by atoms with E-state index < -0.39 is 5.82 Å². The number of nitrogens with two attached hydrogens (primary N) is 1. The van der Waals surface area contributed by atoms with Crippen molar-refractivity contribution in [3.8, 4) is 17.2 Å². The number of rotatable bonds is 13. The largest absolute Gasteiger partial charge is 0.388 e. The van der Waals surface area contributed by atoms with Crippen LogP contribution in [0.4, 0.5) is 4.39 Å². The van der Waals surface area contributed by atoms with Crippen LogP contribution in [0.25, 0.3) is 16.7 Å². The van der Waals surface area contributed by atoms with Gasteiger partial charge in [0.2, 0.25) is 6.41 Å². The summed E-state index contributed by atoms with van der Waals surface area (Å²) in [6, 6.07) is 8.87. The molecular formula is C29H34FN5OS. The summed E-state index contributed by atoms with van der Waals surface area (Å²) in [6.07, 6.45) is 12.5. The van der Waals surface area contributed by atoms with E-state index in [2.05, 4.69) is 24.5 Å². The topological polar surface area (TPSA) is 115 Å². The summed E-state index contributed by atoms with van der Waals surface area (Å²) in [4.78, 5) is 12.5. The van der Waals surface area contributed by atoms with Gasteiger partial charge in [-0.15, -0.1) is 11.3 Å². The third-order valence-corrected chi connectivity index (χ3v) is 7.61. The van der Waals surface area contributed by atoms with Crippen LogP contribution in [0.2, 0.25) is 0 Å². The fourth-order valence-corrected chi connectivity index (χ4v) is 5.45. The monoisotopic (exact) mass is 519 g/mol. The first kappa shape index (κ1) is 28.0. The van der Waals surface area contributed by atoms with Crippen molar-refractivity contribution in [2.24, 2.45) is 5.73 Å². The number of benzene rings is 1. The number of hydrogen-bond acceptors (Lipinski definition) is 6. The third kappa shape index (κ3) is 7.48. The molecule has 5 N–H and O–H groups in total. The molecule has 0 saturated carbocycles. The first-order valence-corrected chi connectivity index (χ1v) is 13.4. The van der Waals surface area contributed by atoms with Crippen molar-refractivity contribution in [1.29, 1.82) is 10.7 Å². The molecule has 1 heterocycles. The van der Waals surface area contributed by atoms with E-state index in [4.69, 9.17) is 16.4 Å². The van der Waals surface area contributed by atoms with Gasteiger partial charge in [0.25, 0.3) is 0 Å². The molecule has 3 rings (SSSR count). The van der Waals surface area contributed by atoms with Crippen LogP contribution in [0.3, 0.4) is 0 Å². The molecule has 0 saturated heterocycles. The number of nitriles is 1. The highest BCUT2D eigenvalue weighted by Crippen LogP contribution is 2.39. The minimum Gasteiger partial charge on any atom is -0.388 e. The van der Waals surface area contributed by atoms with E-state index >= 15 is 0 Å². The third-order valence-electron chi connectivity index (χ3n) is 6.40. The number of halogens is 1. The van der Waals surface area contributed by atoms with Crippen molar-refractivity contribution < 1.29 is 9.18 Å². The van der Waals surface area contributed by atoms with Crippen LogP contribution in [0, 0.1) is 22.6 Å². The lowest BCUT2D eigenvalue weighted by atomic mass is 9.95. The lowest BCUT2D eigenvalue weighted by Crippen LogP contribution is -2.24. The molecule has 8 heteroatoms. The number of thiophene rings is 1. The summed E-state index contributed by atoms with van der Waals surface area (Å²) < 4.78 is 14.5. The maximum atomic E-state index is 14.5. The Morgan fingerprint density at radius 3 is 2.70 bits per heavy atom. The Balaban J connectivity index is 1.97.